The fourth-order valence-corrected chi connectivity index (χ4v) is 1.81. The Bertz CT molecular complexity index is 389. The number of hydrogen-bond donors (Lipinski definition) is 2. The number of carbonyl (C=O) groups excluding carboxylic acids is 1. The predicted molar refractivity (Wildman–Crippen MR) is 60.8 cm³/mol. The van der Waals surface area contributed by atoms with Crippen molar-refractivity contribution in [2.75, 3.05) is 30.3 Å². The maximum atomic E-state index is 11.3. The van der Waals surface area contributed by atoms with Crippen LogP contribution in [0.4, 0.5) is 11.4 Å². The van der Waals surface area contributed by atoms with Crippen LogP contribution >= 0.6 is 0 Å². The van der Waals surface area contributed by atoms with Gasteiger partial charge in [-0.05, 0) is 24.6 Å². The molecule has 1 fully saturated rings. The average molecular weight is 205 g/mol. The fraction of sp³-hybridized carbons (Fsp3) is 0.364. The van der Waals surface area contributed by atoms with E-state index in [1.165, 1.54) is 0 Å². The first-order chi connectivity index (χ1) is 7.16. The molecule has 0 aliphatic carbocycles. The number of nitrogens with one attached hydrogen (secondary N) is 1. The van der Waals surface area contributed by atoms with Gasteiger partial charge in [0.1, 0.15) is 0 Å². The summed E-state index contributed by atoms with van der Waals surface area (Å²) in [7, 11) is 0. The number of carbonyl (C=O) groups is 1. The monoisotopic (exact) mass is 205 g/mol. The van der Waals surface area contributed by atoms with Crippen molar-refractivity contribution in [2.24, 2.45) is 0 Å². The zero-order valence-electron chi connectivity index (χ0n) is 8.79. The molecule has 80 valence electrons. The molecule has 0 radical (unpaired) electrons. The normalized spacial score (nSPS) is 16.3. The lowest BCUT2D eigenvalue weighted by Gasteiger charge is -2.30. The van der Waals surface area contributed by atoms with Gasteiger partial charge in [0.2, 0.25) is 5.91 Å². The third-order valence-electron chi connectivity index (χ3n) is 2.61. The molecule has 4 heteroatoms. The highest BCUT2D eigenvalue weighted by Crippen LogP contribution is 2.23. The number of amides is 1. The molecular weight excluding hydrogens is 190 g/mol. The summed E-state index contributed by atoms with van der Waals surface area (Å²) >= 11 is 0. The topological polar surface area (TPSA) is 58.4 Å². The van der Waals surface area contributed by atoms with Gasteiger partial charge in [0.25, 0.3) is 0 Å². The van der Waals surface area contributed by atoms with Crippen molar-refractivity contribution in [2.45, 2.75) is 6.92 Å². The van der Waals surface area contributed by atoms with E-state index in [0.717, 1.165) is 23.5 Å². The first-order valence-corrected chi connectivity index (χ1v) is 5.04. The van der Waals surface area contributed by atoms with Crippen molar-refractivity contribution in [3.63, 3.8) is 0 Å². The predicted octanol–water partition coefficient (Wildman–Crippen LogP) is 0.513. The van der Waals surface area contributed by atoms with E-state index in [4.69, 9.17) is 5.73 Å². The van der Waals surface area contributed by atoms with Crippen LogP contribution in [-0.2, 0) is 4.79 Å². The van der Waals surface area contributed by atoms with Crippen LogP contribution in [0.5, 0.6) is 0 Å². The molecule has 0 atom stereocenters. The van der Waals surface area contributed by atoms with Gasteiger partial charge in [-0.3, -0.25) is 4.79 Å². The lowest BCUT2D eigenvalue weighted by atomic mass is 10.1. The largest absolute Gasteiger partial charge is 0.399 e. The summed E-state index contributed by atoms with van der Waals surface area (Å²) in [5.74, 6) is 0.0723. The summed E-state index contributed by atoms with van der Waals surface area (Å²) in [4.78, 5) is 13.3. The van der Waals surface area contributed by atoms with Gasteiger partial charge in [-0.2, -0.15) is 0 Å². The number of benzene rings is 1. The minimum absolute atomic E-state index is 0.0723. The molecule has 0 spiro atoms. The molecule has 1 aromatic carbocycles. The summed E-state index contributed by atoms with van der Waals surface area (Å²) < 4.78 is 0. The molecule has 0 aromatic heterocycles. The second kappa shape index (κ2) is 3.81. The molecule has 0 saturated carbocycles. The molecule has 3 N–H and O–H groups in total. The SMILES string of the molecule is Cc1ccc(N)cc1N1CCNC(=O)C1. The van der Waals surface area contributed by atoms with Gasteiger partial charge in [0, 0.05) is 24.5 Å². The molecule has 0 bridgehead atoms. The molecule has 4 nitrogen and oxygen atoms in total. The van der Waals surface area contributed by atoms with Crippen LogP contribution in [0, 0.1) is 6.92 Å². The molecule has 1 amide bonds. The number of nitrogens with two attached hydrogens (primary N) is 1. The standard InChI is InChI=1S/C11H15N3O/c1-8-2-3-9(12)6-10(8)14-5-4-13-11(15)7-14/h2-3,6H,4-5,7,12H2,1H3,(H,13,15). The van der Waals surface area contributed by atoms with Crippen LogP contribution in [0.2, 0.25) is 0 Å². The zero-order valence-corrected chi connectivity index (χ0v) is 8.79. The number of rotatable bonds is 1. The quantitative estimate of drug-likeness (QED) is 0.657. The Morgan fingerprint density at radius 3 is 3.00 bits per heavy atom. The summed E-state index contributed by atoms with van der Waals surface area (Å²) in [6.45, 7) is 3.99. The molecule has 0 unspecified atom stereocenters. The van der Waals surface area contributed by atoms with E-state index in [2.05, 4.69) is 10.2 Å². The highest BCUT2D eigenvalue weighted by Gasteiger charge is 2.17. The molecule has 1 aromatic rings. The second-order valence-corrected chi connectivity index (χ2v) is 3.82. The van der Waals surface area contributed by atoms with Crippen molar-refractivity contribution in [1.82, 2.24) is 5.32 Å². The zero-order chi connectivity index (χ0) is 10.8. The van der Waals surface area contributed by atoms with Crippen LogP contribution in [0.1, 0.15) is 5.56 Å². The molecule has 2 rings (SSSR count). The first-order valence-electron chi connectivity index (χ1n) is 5.04. The third kappa shape index (κ3) is 2.03. The van der Waals surface area contributed by atoms with E-state index >= 15 is 0 Å². The number of anilines is 2. The second-order valence-electron chi connectivity index (χ2n) is 3.82. The summed E-state index contributed by atoms with van der Waals surface area (Å²) in [6.07, 6.45) is 0. The number of aryl methyl sites for hydroxylation is 1. The minimum Gasteiger partial charge on any atom is -0.399 e. The summed E-state index contributed by atoms with van der Waals surface area (Å²) in [6, 6.07) is 5.79. The van der Waals surface area contributed by atoms with E-state index in [0.29, 0.717) is 13.1 Å². The third-order valence-corrected chi connectivity index (χ3v) is 2.61. The molecule has 1 aliphatic rings. The van der Waals surface area contributed by atoms with E-state index in [1.54, 1.807) is 0 Å². The van der Waals surface area contributed by atoms with Gasteiger partial charge >= 0.3 is 0 Å². The van der Waals surface area contributed by atoms with Crippen molar-refractivity contribution in [3.05, 3.63) is 23.8 Å². The van der Waals surface area contributed by atoms with Gasteiger partial charge in [0.15, 0.2) is 0 Å². The first kappa shape index (κ1) is 9.83. The van der Waals surface area contributed by atoms with Crippen molar-refractivity contribution >= 4 is 17.3 Å². The Labute approximate surface area is 89.1 Å². The molecule has 15 heavy (non-hydrogen) atoms. The van der Waals surface area contributed by atoms with Gasteiger partial charge in [-0.25, -0.2) is 0 Å². The van der Waals surface area contributed by atoms with Crippen LogP contribution in [-0.4, -0.2) is 25.5 Å². The van der Waals surface area contributed by atoms with Crippen LogP contribution in [0.15, 0.2) is 18.2 Å². The highest BCUT2D eigenvalue weighted by molar-refractivity contribution is 5.83. The minimum atomic E-state index is 0.0723. The van der Waals surface area contributed by atoms with E-state index in [9.17, 15) is 4.79 Å². The van der Waals surface area contributed by atoms with E-state index in [1.807, 2.05) is 25.1 Å². The van der Waals surface area contributed by atoms with Crippen LogP contribution in [0.3, 0.4) is 0 Å². The molecule has 1 aliphatic heterocycles. The van der Waals surface area contributed by atoms with Crippen LogP contribution in [0.25, 0.3) is 0 Å². The molecule has 1 heterocycles. The Hall–Kier alpha value is -1.71. The highest BCUT2D eigenvalue weighted by atomic mass is 16.2. The number of piperazine rings is 1. The average Bonchev–Trinajstić information content (AvgIpc) is 2.22. The number of nitrogens with zero attached hydrogens (tertiary/aromatic N) is 1. The molecular formula is C11H15N3O. The Morgan fingerprint density at radius 1 is 1.47 bits per heavy atom. The van der Waals surface area contributed by atoms with Gasteiger partial charge in [0.05, 0.1) is 6.54 Å². The van der Waals surface area contributed by atoms with Gasteiger partial charge in [-0.1, -0.05) is 6.07 Å². The molecule has 1 saturated heterocycles. The Morgan fingerprint density at radius 2 is 2.27 bits per heavy atom. The smallest absolute Gasteiger partial charge is 0.239 e. The van der Waals surface area contributed by atoms with Crippen molar-refractivity contribution < 1.29 is 4.79 Å². The van der Waals surface area contributed by atoms with Crippen molar-refractivity contribution in [1.29, 1.82) is 0 Å². The Kier molecular flexibility index (Phi) is 2.49. The maximum absolute atomic E-state index is 11.3. The maximum Gasteiger partial charge on any atom is 0.239 e. The fourth-order valence-electron chi connectivity index (χ4n) is 1.81. The van der Waals surface area contributed by atoms with Gasteiger partial charge < -0.3 is 16.0 Å². The van der Waals surface area contributed by atoms with Gasteiger partial charge in [-0.15, -0.1) is 0 Å². The van der Waals surface area contributed by atoms with E-state index in [-0.39, 0.29) is 5.91 Å². The van der Waals surface area contributed by atoms with E-state index < -0.39 is 0 Å². The number of hydrogen-bond acceptors (Lipinski definition) is 3. The van der Waals surface area contributed by atoms with Crippen molar-refractivity contribution in [3.8, 4) is 0 Å². The Balaban J connectivity index is 2.27. The number of nitrogen functional groups attached to an aromatic ring is 1. The van der Waals surface area contributed by atoms with Crippen LogP contribution < -0.4 is 16.0 Å². The lowest BCUT2D eigenvalue weighted by Crippen LogP contribution is -2.47. The summed E-state index contributed by atoms with van der Waals surface area (Å²) in [5.41, 5.74) is 8.69. The summed E-state index contributed by atoms with van der Waals surface area (Å²) in [5, 5.41) is 2.80. The lowest BCUT2D eigenvalue weighted by molar-refractivity contribution is -0.120.